The van der Waals surface area contributed by atoms with E-state index in [1.165, 1.54) is 25.7 Å². The van der Waals surface area contributed by atoms with Crippen LogP contribution in [0.4, 0.5) is 16.8 Å². The number of fused-ring (bicyclic) bond motifs is 1. The number of hydrogen-bond acceptors (Lipinski definition) is 8. The quantitative estimate of drug-likeness (QED) is 0.336. The summed E-state index contributed by atoms with van der Waals surface area (Å²) < 4.78 is 0. The second kappa shape index (κ2) is 10.1. The Morgan fingerprint density at radius 3 is 2.65 bits per heavy atom. The van der Waals surface area contributed by atoms with Gasteiger partial charge in [0.2, 0.25) is 5.95 Å². The molecule has 37 heavy (non-hydrogen) atoms. The first kappa shape index (κ1) is 23.9. The molecular formula is C27H32N8OS. The Morgan fingerprint density at radius 1 is 1.08 bits per heavy atom. The van der Waals surface area contributed by atoms with Crippen molar-refractivity contribution >= 4 is 44.9 Å². The zero-order valence-corrected chi connectivity index (χ0v) is 22.1. The van der Waals surface area contributed by atoms with Crippen molar-refractivity contribution in [1.82, 2.24) is 29.7 Å². The first-order chi connectivity index (χ1) is 18.1. The van der Waals surface area contributed by atoms with E-state index < -0.39 is 0 Å². The van der Waals surface area contributed by atoms with Crippen LogP contribution in [0.15, 0.2) is 36.5 Å². The fourth-order valence-electron chi connectivity index (χ4n) is 5.47. The maximum Gasteiger partial charge on any atom is 0.270 e. The number of aromatic amines is 1. The molecule has 3 N–H and O–H groups in total. The second-order valence-corrected chi connectivity index (χ2v) is 10.8. The molecule has 0 unspecified atom stereocenters. The average Bonchev–Trinajstić information content (AvgIpc) is 3.68. The number of nitrogens with zero attached hydrogens (tertiary/aromatic N) is 5. The maximum atomic E-state index is 13.2. The summed E-state index contributed by atoms with van der Waals surface area (Å²) in [4.78, 5) is 35.7. The smallest absolute Gasteiger partial charge is 0.270 e. The van der Waals surface area contributed by atoms with Crippen LogP contribution in [0.2, 0.25) is 0 Å². The minimum atomic E-state index is 0.0775. The minimum Gasteiger partial charge on any atom is -0.365 e. The molecule has 6 rings (SSSR count). The van der Waals surface area contributed by atoms with Crippen LogP contribution < -0.4 is 10.6 Å². The third kappa shape index (κ3) is 4.91. The Bertz CT molecular complexity index is 1420. The molecule has 1 amide bonds. The number of aryl methyl sites for hydroxylation is 1. The van der Waals surface area contributed by atoms with Crippen molar-refractivity contribution in [3.05, 3.63) is 47.9 Å². The SMILES string of the molecule is CNc1nc(C)c(-c2ccnc(Nc3ccc4[nH]c(C(=O)N5CCN(C6CCCC6)CC5)cc4c3)n2)s1. The predicted molar refractivity (Wildman–Crippen MR) is 149 cm³/mol. The van der Waals surface area contributed by atoms with Crippen LogP contribution in [0.1, 0.15) is 41.9 Å². The van der Waals surface area contributed by atoms with Gasteiger partial charge in [-0.15, -0.1) is 0 Å². The van der Waals surface area contributed by atoms with E-state index in [9.17, 15) is 4.79 Å². The number of nitrogens with one attached hydrogen (secondary N) is 3. The lowest BCUT2D eigenvalue weighted by atomic mass is 10.1. The number of rotatable bonds is 6. The molecule has 1 aliphatic heterocycles. The van der Waals surface area contributed by atoms with Crippen LogP contribution in [0.5, 0.6) is 0 Å². The van der Waals surface area contributed by atoms with Crippen LogP contribution in [-0.4, -0.2) is 74.9 Å². The zero-order valence-electron chi connectivity index (χ0n) is 21.3. The molecule has 3 aromatic heterocycles. The highest BCUT2D eigenvalue weighted by molar-refractivity contribution is 7.19. The van der Waals surface area contributed by atoms with Gasteiger partial charge in [-0.25, -0.2) is 15.0 Å². The molecule has 0 spiro atoms. The summed E-state index contributed by atoms with van der Waals surface area (Å²) in [6.07, 6.45) is 7.06. The molecule has 0 radical (unpaired) electrons. The molecule has 2 fully saturated rings. The number of H-pyrrole nitrogens is 1. The van der Waals surface area contributed by atoms with E-state index in [0.29, 0.717) is 11.6 Å². The van der Waals surface area contributed by atoms with Crippen molar-refractivity contribution in [3.63, 3.8) is 0 Å². The van der Waals surface area contributed by atoms with Crippen LogP contribution in [-0.2, 0) is 0 Å². The lowest BCUT2D eigenvalue weighted by Gasteiger charge is -2.37. The molecule has 9 nitrogen and oxygen atoms in total. The van der Waals surface area contributed by atoms with Crippen LogP contribution >= 0.6 is 11.3 Å². The fourth-order valence-corrected chi connectivity index (χ4v) is 6.36. The van der Waals surface area contributed by atoms with Gasteiger partial charge in [-0.2, -0.15) is 0 Å². The highest BCUT2D eigenvalue weighted by Crippen LogP contribution is 2.32. The summed E-state index contributed by atoms with van der Waals surface area (Å²) in [6, 6.07) is 10.5. The standard InChI is InChI=1S/C27H32N8OS/c1-17-24(37-27(28-2)30-17)22-9-10-29-26(33-22)31-19-7-8-21-18(15-19)16-23(32-21)25(36)35-13-11-34(12-14-35)20-5-3-4-6-20/h7-10,15-16,20,32H,3-6,11-14H2,1-2H3,(H,28,30)(H,29,31,33). The predicted octanol–water partition coefficient (Wildman–Crippen LogP) is 4.88. The monoisotopic (exact) mass is 516 g/mol. The van der Waals surface area contributed by atoms with Crippen molar-refractivity contribution in [2.24, 2.45) is 0 Å². The van der Waals surface area contributed by atoms with Crippen LogP contribution in [0, 0.1) is 6.92 Å². The summed E-state index contributed by atoms with van der Waals surface area (Å²) in [7, 11) is 1.86. The van der Waals surface area contributed by atoms with Gasteiger partial charge in [0.25, 0.3) is 5.91 Å². The van der Waals surface area contributed by atoms with Crippen molar-refractivity contribution in [2.75, 3.05) is 43.9 Å². The summed E-state index contributed by atoms with van der Waals surface area (Å²) in [6.45, 7) is 5.51. The van der Waals surface area contributed by atoms with Gasteiger partial charge in [0.1, 0.15) is 5.69 Å². The lowest BCUT2D eigenvalue weighted by molar-refractivity contribution is 0.0569. The number of benzene rings is 1. The zero-order chi connectivity index (χ0) is 25.4. The van der Waals surface area contributed by atoms with Gasteiger partial charge in [-0.05, 0) is 50.1 Å². The Kier molecular flexibility index (Phi) is 6.52. The third-order valence-electron chi connectivity index (χ3n) is 7.45. The number of amides is 1. The minimum absolute atomic E-state index is 0.0775. The highest BCUT2D eigenvalue weighted by atomic mass is 32.1. The molecule has 1 aliphatic carbocycles. The molecular weight excluding hydrogens is 484 g/mol. The topological polar surface area (TPSA) is 102 Å². The lowest BCUT2D eigenvalue weighted by Crippen LogP contribution is -2.51. The van der Waals surface area contributed by atoms with E-state index in [2.05, 4.69) is 30.5 Å². The number of aromatic nitrogens is 4. The van der Waals surface area contributed by atoms with Gasteiger partial charge in [-0.3, -0.25) is 9.69 Å². The summed E-state index contributed by atoms with van der Waals surface area (Å²) in [5, 5.41) is 8.24. The van der Waals surface area contributed by atoms with E-state index in [1.54, 1.807) is 17.5 Å². The van der Waals surface area contributed by atoms with E-state index in [1.807, 2.05) is 49.2 Å². The van der Waals surface area contributed by atoms with Gasteiger partial charge >= 0.3 is 0 Å². The van der Waals surface area contributed by atoms with E-state index in [0.717, 1.165) is 70.2 Å². The molecule has 10 heteroatoms. The molecule has 0 atom stereocenters. The van der Waals surface area contributed by atoms with Gasteiger partial charge < -0.3 is 20.5 Å². The molecule has 0 bridgehead atoms. The summed E-state index contributed by atoms with van der Waals surface area (Å²) in [5.41, 5.74) is 4.21. The average molecular weight is 517 g/mol. The molecule has 1 saturated carbocycles. The molecule has 1 saturated heterocycles. The normalized spacial score (nSPS) is 17.0. The van der Waals surface area contributed by atoms with E-state index in [-0.39, 0.29) is 5.91 Å². The Balaban J connectivity index is 1.15. The largest absolute Gasteiger partial charge is 0.365 e. The third-order valence-corrected chi connectivity index (χ3v) is 8.65. The van der Waals surface area contributed by atoms with Crippen molar-refractivity contribution in [2.45, 2.75) is 38.6 Å². The number of carbonyl (C=O) groups is 1. The highest BCUT2D eigenvalue weighted by Gasteiger charge is 2.28. The Morgan fingerprint density at radius 2 is 1.89 bits per heavy atom. The molecule has 4 heterocycles. The van der Waals surface area contributed by atoms with Gasteiger partial charge in [0.15, 0.2) is 5.13 Å². The first-order valence-corrected chi connectivity index (χ1v) is 13.8. The van der Waals surface area contributed by atoms with Gasteiger partial charge in [0, 0.05) is 62.1 Å². The first-order valence-electron chi connectivity index (χ1n) is 13.0. The van der Waals surface area contributed by atoms with Crippen LogP contribution in [0.3, 0.4) is 0 Å². The molecule has 192 valence electrons. The van der Waals surface area contributed by atoms with Crippen LogP contribution in [0.25, 0.3) is 21.5 Å². The molecule has 1 aromatic carbocycles. The van der Waals surface area contributed by atoms with Crippen molar-refractivity contribution < 1.29 is 4.79 Å². The maximum absolute atomic E-state index is 13.2. The number of piperazine rings is 1. The number of anilines is 3. The summed E-state index contributed by atoms with van der Waals surface area (Å²) >= 11 is 1.57. The second-order valence-electron chi connectivity index (χ2n) is 9.83. The Labute approximate surface area is 220 Å². The van der Waals surface area contributed by atoms with E-state index >= 15 is 0 Å². The molecule has 2 aliphatic rings. The Hall–Kier alpha value is -3.50. The van der Waals surface area contributed by atoms with Gasteiger partial charge in [-0.1, -0.05) is 24.2 Å². The number of carbonyl (C=O) groups excluding carboxylic acids is 1. The summed E-state index contributed by atoms with van der Waals surface area (Å²) in [5.74, 6) is 0.594. The molecule has 4 aromatic rings. The fraction of sp³-hybridized carbons (Fsp3) is 0.407. The van der Waals surface area contributed by atoms with Crippen molar-refractivity contribution in [1.29, 1.82) is 0 Å². The van der Waals surface area contributed by atoms with Gasteiger partial charge in [0.05, 0.1) is 16.3 Å². The van der Waals surface area contributed by atoms with Crippen molar-refractivity contribution in [3.8, 4) is 10.6 Å². The van der Waals surface area contributed by atoms with E-state index in [4.69, 9.17) is 4.98 Å². The number of hydrogen-bond donors (Lipinski definition) is 3. The number of thiazole rings is 1.